The second-order valence-corrected chi connectivity index (χ2v) is 3.06. The van der Waals surface area contributed by atoms with Crippen LogP contribution in [0.25, 0.3) is 0 Å². The van der Waals surface area contributed by atoms with Crippen LogP contribution in [0.5, 0.6) is 0 Å². The smallest absolute Gasteiger partial charge is 0.238 e. The second kappa shape index (κ2) is 3.69. The van der Waals surface area contributed by atoms with Gasteiger partial charge in [-0.2, -0.15) is 0 Å². The Morgan fingerprint density at radius 1 is 1.64 bits per heavy atom. The molecule has 0 radical (unpaired) electrons. The monoisotopic (exact) mass is 157 g/mol. The third-order valence-corrected chi connectivity index (χ3v) is 1.76. The molecule has 2 N–H and O–H groups in total. The Balaban J connectivity index is 2.28. The minimum Gasteiger partial charge on any atom is -0.316 e. The maximum atomic E-state index is 11.3. The number of rotatable bonds is 2. The molecule has 1 unspecified atom stereocenters. The van der Waals surface area contributed by atoms with Gasteiger partial charge in [0.2, 0.25) is 5.91 Å². The van der Waals surface area contributed by atoms with Crippen molar-refractivity contribution >= 4 is 5.91 Å². The van der Waals surface area contributed by atoms with Crippen LogP contribution in [-0.2, 0) is 4.79 Å². The summed E-state index contributed by atoms with van der Waals surface area (Å²) in [5.41, 5.74) is 2.74. The molecule has 1 aliphatic rings. The second-order valence-electron chi connectivity index (χ2n) is 3.06. The summed E-state index contributed by atoms with van der Waals surface area (Å²) in [6.45, 7) is 1.78. The first-order chi connectivity index (χ1) is 5.20. The Hall–Kier alpha value is -0.610. The van der Waals surface area contributed by atoms with Gasteiger partial charge in [-0.1, -0.05) is 0 Å². The summed E-state index contributed by atoms with van der Waals surface area (Å²) in [6.07, 6.45) is 0.958. The van der Waals surface area contributed by atoms with Gasteiger partial charge in [0.1, 0.15) is 0 Å². The standard InChI is InChI=1S/C7H15N3O/c1-10(2)9-7(11)6-3-4-8-5-6/h6,8H,3-5H2,1-2H3,(H,9,11). The summed E-state index contributed by atoms with van der Waals surface area (Å²) in [4.78, 5) is 11.3. The molecule has 1 rings (SSSR count). The van der Waals surface area contributed by atoms with Crippen LogP contribution in [0.3, 0.4) is 0 Å². The van der Waals surface area contributed by atoms with Crippen molar-refractivity contribution in [2.24, 2.45) is 5.92 Å². The highest BCUT2D eigenvalue weighted by Gasteiger charge is 2.22. The maximum absolute atomic E-state index is 11.3. The van der Waals surface area contributed by atoms with Crippen LogP contribution < -0.4 is 10.7 Å². The van der Waals surface area contributed by atoms with Gasteiger partial charge in [-0.25, -0.2) is 5.01 Å². The van der Waals surface area contributed by atoms with Crippen LogP contribution in [0, 0.1) is 5.92 Å². The number of nitrogens with zero attached hydrogens (tertiary/aromatic N) is 1. The van der Waals surface area contributed by atoms with Crippen LogP contribution in [0.1, 0.15) is 6.42 Å². The third kappa shape index (κ3) is 2.48. The minimum absolute atomic E-state index is 0.125. The van der Waals surface area contributed by atoms with Crippen LogP contribution in [0.4, 0.5) is 0 Å². The molecule has 1 aliphatic heterocycles. The number of carbonyl (C=O) groups excluding carboxylic acids is 1. The molecule has 64 valence electrons. The van der Waals surface area contributed by atoms with Crippen molar-refractivity contribution in [1.82, 2.24) is 15.8 Å². The molecule has 1 saturated heterocycles. The molecule has 0 saturated carbocycles. The molecular formula is C7H15N3O. The highest BCUT2D eigenvalue weighted by atomic mass is 16.2. The summed E-state index contributed by atoms with van der Waals surface area (Å²) >= 11 is 0. The Morgan fingerprint density at radius 2 is 2.36 bits per heavy atom. The number of hydrazine groups is 1. The number of carbonyl (C=O) groups is 1. The fraction of sp³-hybridized carbons (Fsp3) is 0.857. The molecule has 1 fully saturated rings. The normalized spacial score (nSPS) is 24.1. The molecule has 0 bridgehead atoms. The Morgan fingerprint density at radius 3 is 2.82 bits per heavy atom. The van der Waals surface area contributed by atoms with E-state index >= 15 is 0 Å². The van der Waals surface area contributed by atoms with Crippen LogP contribution >= 0.6 is 0 Å². The fourth-order valence-electron chi connectivity index (χ4n) is 1.19. The van der Waals surface area contributed by atoms with Gasteiger partial charge in [-0.05, 0) is 13.0 Å². The Kier molecular flexibility index (Phi) is 2.84. The molecule has 0 aliphatic carbocycles. The fourth-order valence-corrected chi connectivity index (χ4v) is 1.19. The zero-order chi connectivity index (χ0) is 8.27. The van der Waals surface area contributed by atoms with Gasteiger partial charge in [-0.15, -0.1) is 0 Å². The van der Waals surface area contributed by atoms with E-state index in [1.165, 1.54) is 0 Å². The van der Waals surface area contributed by atoms with Gasteiger partial charge < -0.3 is 5.32 Å². The highest BCUT2D eigenvalue weighted by Crippen LogP contribution is 2.06. The largest absolute Gasteiger partial charge is 0.316 e. The van der Waals surface area contributed by atoms with E-state index in [0.717, 1.165) is 19.5 Å². The third-order valence-electron chi connectivity index (χ3n) is 1.76. The summed E-state index contributed by atoms with van der Waals surface area (Å²) in [5, 5.41) is 4.83. The predicted octanol–water partition coefficient (Wildman–Crippen LogP) is -0.811. The van der Waals surface area contributed by atoms with Gasteiger partial charge in [0, 0.05) is 20.6 Å². The molecule has 11 heavy (non-hydrogen) atoms. The van der Waals surface area contributed by atoms with E-state index in [1.807, 2.05) is 14.1 Å². The van der Waals surface area contributed by atoms with E-state index in [9.17, 15) is 4.79 Å². The average molecular weight is 157 g/mol. The van der Waals surface area contributed by atoms with E-state index in [1.54, 1.807) is 5.01 Å². The molecule has 0 aromatic rings. The first-order valence-electron chi connectivity index (χ1n) is 3.88. The van der Waals surface area contributed by atoms with E-state index in [-0.39, 0.29) is 11.8 Å². The predicted molar refractivity (Wildman–Crippen MR) is 42.8 cm³/mol. The van der Waals surface area contributed by atoms with Crippen molar-refractivity contribution < 1.29 is 4.79 Å². The molecule has 0 spiro atoms. The van der Waals surface area contributed by atoms with Gasteiger partial charge in [-0.3, -0.25) is 10.2 Å². The molecule has 1 heterocycles. The molecule has 4 heteroatoms. The SMILES string of the molecule is CN(C)NC(=O)C1CCNC1. The zero-order valence-corrected chi connectivity index (χ0v) is 7.05. The minimum atomic E-state index is 0.125. The summed E-state index contributed by atoms with van der Waals surface area (Å²) in [7, 11) is 3.64. The topological polar surface area (TPSA) is 44.4 Å². The number of amides is 1. The summed E-state index contributed by atoms with van der Waals surface area (Å²) in [5.74, 6) is 0.289. The Bertz CT molecular complexity index is 141. The van der Waals surface area contributed by atoms with Crippen molar-refractivity contribution in [2.45, 2.75) is 6.42 Å². The van der Waals surface area contributed by atoms with E-state index in [4.69, 9.17) is 0 Å². The molecular weight excluding hydrogens is 142 g/mol. The number of hydrogen-bond donors (Lipinski definition) is 2. The maximum Gasteiger partial charge on any atom is 0.238 e. The van der Waals surface area contributed by atoms with Crippen LogP contribution in [0.2, 0.25) is 0 Å². The van der Waals surface area contributed by atoms with Gasteiger partial charge in [0.05, 0.1) is 5.92 Å². The van der Waals surface area contributed by atoms with Gasteiger partial charge >= 0.3 is 0 Å². The van der Waals surface area contributed by atoms with Crippen molar-refractivity contribution in [2.75, 3.05) is 27.2 Å². The lowest BCUT2D eigenvalue weighted by molar-refractivity contribution is -0.128. The van der Waals surface area contributed by atoms with Crippen molar-refractivity contribution in [3.05, 3.63) is 0 Å². The first-order valence-corrected chi connectivity index (χ1v) is 3.88. The first kappa shape index (κ1) is 8.49. The molecule has 0 aromatic carbocycles. The van der Waals surface area contributed by atoms with Gasteiger partial charge in [0.25, 0.3) is 0 Å². The summed E-state index contributed by atoms with van der Waals surface area (Å²) in [6, 6.07) is 0. The summed E-state index contributed by atoms with van der Waals surface area (Å²) < 4.78 is 0. The number of nitrogens with one attached hydrogen (secondary N) is 2. The Labute approximate surface area is 66.9 Å². The molecule has 1 amide bonds. The lowest BCUT2D eigenvalue weighted by Gasteiger charge is -2.14. The van der Waals surface area contributed by atoms with E-state index in [0.29, 0.717) is 0 Å². The molecule has 1 atom stereocenters. The lowest BCUT2D eigenvalue weighted by Crippen LogP contribution is -2.40. The zero-order valence-electron chi connectivity index (χ0n) is 7.05. The average Bonchev–Trinajstić information content (AvgIpc) is 2.35. The van der Waals surface area contributed by atoms with Crippen LogP contribution in [-0.4, -0.2) is 38.1 Å². The quantitative estimate of drug-likeness (QED) is 0.515. The molecule has 0 aromatic heterocycles. The van der Waals surface area contributed by atoms with E-state index in [2.05, 4.69) is 10.7 Å². The lowest BCUT2D eigenvalue weighted by atomic mass is 10.1. The van der Waals surface area contributed by atoms with Crippen molar-refractivity contribution in [3.8, 4) is 0 Å². The highest BCUT2D eigenvalue weighted by molar-refractivity contribution is 5.78. The van der Waals surface area contributed by atoms with E-state index < -0.39 is 0 Å². The molecule has 4 nitrogen and oxygen atoms in total. The van der Waals surface area contributed by atoms with Crippen LogP contribution in [0.15, 0.2) is 0 Å². The van der Waals surface area contributed by atoms with Gasteiger partial charge in [0.15, 0.2) is 0 Å². The van der Waals surface area contributed by atoms with Crippen molar-refractivity contribution in [3.63, 3.8) is 0 Å². The number of hydrogen-bond acceptors (Lipinski definition) is 3. The van der Waals surface area contributed by atoms with Crippen molar-refractivity contribution in [1.29, 1.82) is 0 Å².